The van der Waals surface area contributed by atoms with Gasteiger partial charge in [0.05, 0.1) is 0 Å². The normalized spacial score (nSPS) is 26.5. The number of hydrogen-bond donors (Lipinski definition) is 0. The zero-order chi connectivity index (χ0) is 15.2. The summed E-state index contributed by atoms with van der Waals surface area (Å²) < 4.78 is 10.7. The molecule has 5 nitrogen and oxygen atoms in total. The van der Waals surface area contributed by atoms with Crippen molar-refractivity contribution in [1.82, 2.24) is 4.90 Å². The molecule has 0 bridgehead atoms. The van der Waals surface area contributed by atoms with Crippen molar-refractivity contribution in [3.63, 3.8) is 0 Å². The first-order valence-electron chi connectivity index (χ1n) is 7.91. The van der Waals surface area contributed by atoms with E-state index in [1.165, 1.54) is 0 Å². The SMILES string of the molecule is O=C1CC[C@]2(CCCC2=O)N1CCc1ccc2c(c1)OCO2. The molecule has 1 aromatic carbocycles. The quantitative estimate of drug-likeness (QED) is 0.857. The fourth-order valence-electron chi connectivity index (χ4n) is 3.96. The van der Waals surface area contributed by atoms with Gasteiger partial charge in [0.1, 0.15) is 5.54 Å². The number of ether oxygens (including phenoxy) is 2. The predicted octanol–water partition coefficient (Wildman–Crippen LogP) is 2.07. The first-order valence-corrected chi connectivity index (χ1v) is 7.91. The summed E-state index contributed by atoms with van der Waals surface area (Å²) in [5.41, 5.74) is 0.609. The lowest BCUT2D eigenvalue weighted by atomic mass is 9.93. The monoisotopic (exact) mass is 301 g/mol. The van der Waals surface area contributed by atoms with E-state index in [-0.39, 0.29) is 18.5 Å². The van der Waals surface area contributed by atoms with Crippen LogP contribution in [0.3, 0.4) is 0 Å². The zero-order valence-electron chi connectivity index (χ0n) is 12.5. The van der Waals surface area contributed by atoms with Gasteiger partial charge in [-0.25, -0.2) is 0 Å². The number of rotatable bonds is 3. The molecule has 0 N–H and O–H groups in total. The summed E-state index contributed by atoms with van der Waals surface area (Å²) in [4.78, 5) is 26.3. The molecule has 0 unspecified atom stereocenters. The Hall–Kier alpha value is -2.04. The topological polar surface area (TPSA) is 55.8 Å². The molecule has 1 spiro atoms. The maximum atomic E-state index is 12.3. The fraction of sp³-hybridized carbons (Fsp3) is 0.529. The van der Waals surface area contributed by atoms with Crippen LogP contribution in [0.4, 0.5) is 0 Å². The minimum Gasteiger partial charge on any atom is -0.454 e. The number of Topliss-reactive ketones (excluding diaryl/α,β-unsaturated/α-hetero) is 1. The van der Waals surface area contributed by atoms with Crippen LogP contribution in [0, 0.1) is 0 Å². The highest BCUT2D eigenvalue weighted by molar-refractivity contribution is 5.97. The average Bonchev–Trinajstić information content (AvgIpc) is 3.19. The number of amides is 1. The minimum absolute atomic E-state index is 0.121. The number of hydrogen-bond acceptors (Lipinski definition) is 4. The van der Waals surface area contributed by atoms with Crippen molar-refractivity contribution in [3.05, 3.63) is 23.8 Å². The van der Waals surface area contributed by atoms with Gasteiger partial charge in [0.2, 0.25) is 12.7 Å². The maximum Gasteiger partial charge on any atom is 0.231 e. The van der Waals surface area contributed by atoms with Crippen LogP contribution in [0.2, 0.25) is 0 Å². The number of carbonyl (C=O) groups is 2. The van der Waals surface area contributed by atoms with Crippen LogP contribution in [-0.4, -0.2) is 35.5 Å². The molecule has 1 aromatic rings. The van der Waals surface area contributed by atoms with Crippen LogP contribution in [0.5, 0.6) is 11.5 Å². The summed E-state index contributed by atoms with van der Waals surface area (Å²) in [6.07, 6.45) is 4.30. The Labute approximate surface area is 129 Å². The Kier molecular flexibility index (Phi) is 3.10. The smallest absolute Gasteiger partial charge is 0.231 e. The second kappa shape index (κ2) is 5.00. The van der Waals surface area contributed by atoms with Gasteiger partial charge in [-0.3, -0.25) is 9.59 Å². The number of fused-ring (bicyclic) bond motifs is 1. The Morgan fingerprint density at radius 3 is 2.77 bits per heavy atom. The van der Waals surface area contributed by atoms with Gasteiger partial charge in [0.25, 0.3) is 0 Å². The van der Waals surface area contributed by atoms with E-state index in [0.717, 1.165) is 36.3 Å². The van der Waals surface area contributed by atoms with E-state index in [1.807, 2.05) is 23.1 Å². The van der Waals surface area contributed by atoms with Gasteiger partial charge in [0, 0.05) is 19.4 Å². The van der Waals surface area contributed by atoms with Crippen LogP contribution >= 0.6 is 0 Å². The molecule has 2 aliphatic heterocycles. The van der Waals surface area contributed by atoms with Gasteiger partial charge >= 0.3 is 0 Å². The number of nitrogens with zero attached hydrogens (tertiary/aromatic N) is 1. The largest absolute Gasteiger partial charge is 0.454 e. The first-order chi connectivity index (χ1) is 10.7. The van der Waals surface area contributed by atoms with Crippen molar-refractivity contribution in [3.8, 4) is 11.5 Å². The highest BCUT2D eigenvalue weighted by Gasteiger charge is 2.52. The summed E-state index contributed by atoms with van der Waals surface area (Å²) >= 11 is 0. The van der Waals surface area contributed by atoms with Gasteiger partial charge in [-0.2, -0.15) is 0 Å². The van der Waals surface area contributed by atoms with Gasteiger partial charge < -0.3 is 14.4 Å². The number of ketones is 1. The van der Waals surface area contributed by atoms with Crippen molar-refractivity contribution in [2.24, 2.45) is 0 Å². The van der Waals surface area contributed by atoms with Crippen LogP contribution in [0.15, 0.2) is 18.2 Å². The second-order valence-corrected chi connectivity index (χ2v) is 6.29. The summed E-state index contributed by atoms with van der Waals surface area (Å²) in [7, 11) is 0. The molecule has 3 aliphatic rings. The lowest BCUT2D eigenvalue weighted by Crippen LogP contribution is -2.49. The lowest BCUT2D eigenvalue weighted by molar-refractivity contribution is -0.138. The zero-order valence-corrected chi connectivity index (χ0v) is 12.5. The summed E-state index contributed by atoms with van der Waals surface area (Å²) in [5, 5.41) is 0. The van der Waals surface area contributed by atoms with Crippen LogP contribution < -0.4 is 9.47 Å². The third-order valence-corrected chi connectivity index (χ3v) is 5.14. The highest BCUT2D eigenvalue weighted by atomic mass is 16.7. The molecule has 1 amide bonds. The summed E-state index contributed by atoms with van der Waals surface area (Å²) in [5.74, 6) is 1.90. The molecule has 0 aromatic heterocycles. The Morgan fingerprint density at radius 2 is 1.95 bits per heavy atom. The average molecular weight is 301 g/mol. The van der Waals surface area contributed by atoms with Crippen molar-refractivity contribution >= 4 is 11.7 Å². The maximum absolute atomic E-state index is 12.3. The Bertz CT molecular complexity index is 642. The summed E-state index contributed by atoms with van der Waals surface area (Å²) in [6, 6.07) is 5.86. The molecule has 1 saturated carbocycles. The standard InChI is InChI=1S/C17H19NO4/c19-15-2-1-7-17(15)8-5-16(20)18(17)9-6-12-3-4-13-14(10-12)22-11-21-13/h3-4,10H,1-2,5-9,11H2/t17-/m0/s1. The molecule has 0 radical (unpaired) electrons. The molecule has 1 saturated heterocycles. The van der Waals surface area contributed by atoms with Gasteiger partial charge in [0.15, 0.2) is 17.3 Å². The molecule has 116 valence electrons. The van der Waals surface area contributed by atoms with E-state index in [9.17, 15) is 9.59 Å². The molecule has 5 heteroatoms. The van der Waals surface area contributed by atoms with Gasteiger partial charge in [-0.1, -0.05) is 6.07 Å². The van der Waals surface area contributed by atoms with E-state index >= 15 is 0 Å². The lowest BCUT2D eigenvalue weighted by Gasteiger charge is -2.33. The number of carbonyl (C=O) groups excluding carboxylic acids is 2. The molecule has 2 fully saturated rings. The fourth-order valence-corrected chi connectivity index (χ4v) is 3.96. The van der Waals surface area contributed by atoms with E-state index in [1.54, 1.807) is 0 Å². The molecule has 22 heavy (non-hydrogen) atoms. The van der Waals surface area contributed by atoms with Crippen molar-refractivity contribution in [2.45, 2.75) is 44.1 Å². The summed E-state index contributed by atoms with van der Waals surface area (Å²) in [6.45, 7) is 0.866. The van der Waals surface area contributed by atoms with Crippen LogP contribution in [-0.2, 0) is 16.0 Å². The molecule has 4 rings (SSSR count). The molecule has 2 heterocycles. The van der Waals surface area contributed by atoms with E-state index in [4.69, 9.17) is 9.47 Å². The molecule has 1 atom stereocenters. The van der Waals surface area contributed by atoms with Crippen molar-refractivity contribution in [2.75, 3.05) is 13.3 Å². The Balaban J connectivity index is 1.50. The highest BCUT2D eigenvalue weighted by Crippen LogP contribution is 2.41. The van der Waals surface area contributed by atoms with Crippen LogP contribution in [0.25, 0.3) is 0 Å². The van der Waals surface area contributed by atoms with Gasteiger partial charge in [-0.15, -0.1) is 0 Å². The van der Waals surface area contributed by atoms with E-state index in [2.05, 4.69) is 0 Å². The Morgan fingerprint density at radius 1 is 1.09 bits per heavy atom. The van der Waals surface area contributed by atoms with E-state index < -0.39 is 5.54 Å². The van der Waals surface area contributed by atoms with Crippen LogP contribution in [0.1, 0.15) is 37.7 Å². The number of benzene rings is 1. The van der Waals surface area contributed by atoms with E-state index in [0.29, 0.717) is 25.8 Å². The number of likely N-dealkylation sites (tertiary alicyclic amines) is 1. The first kappa shape index (κ1) is 13.6. The third kappa shape index (κ3) is 1.99. The minimum atomic E-state index is -0.493. The predicted molar refractivity (Wildman–Crippen MR) is 78.8 cm³/mol. The molecular weight excluding hydrogens is 282 g/mol. The molecule has 1 aliphatic carbocycles. The second-order valence-electron chi connectivity index (χ2n) is 6.29. The van der Waals surface area contributed by atoms with Gasteiger partial charge in [-0.05, 0) is 43.4 Å². The van der Waals surface area contributed by atoms with Crippen molar-refractivity contribution in [1.29, 1.82) is 0 Å². The molecular formula is C17H19NO4. The van der Waals surface area contributed by atoms with Crippen molar-refractivity contribution < 1.29 is 19.1 Å². The third-order valence-electron chi connectivity index (χ3n) is 5.14.